The number of carbonyl (C=O) groups is 2. The molecule has 1 fully saturated rings. The molecule has 0 radical (unpaired) electrons. The van der Waals surface area contributed by atoms with Gasteiger partial charge in [-0.05, 0) is 23.6 Å². The molecule has 0 saturated carbocycles. The number of nitrogens with one attached hydrogen (secondary N) is 1. The Balaban J connectivity index is 1.55. The molecule has 1 aliphatic rings. The van der Waals surface area contributed by atoms with Crippen molar-refractivity contribution in [1.29, 1.82) is 0 Å². The van der Waals surface area contributed by atoms with Crippen LogP contribution in [0, 0.1) is 11.8 Å². The van der Waals surface area contributed by atoms with Crippen LogP contribution in [0.4, 0.5) is 5.13 Å². The van der Waals surface area contributed by atoms with Crippen LogP contribution in [0.25, 0.3) is 0 Å². The lowest BCUT2D eigenvalue weighted by Gasteiger charge is -2.18. The molecule has 6 nitrogen and oxygen atoms in total. The van der Waals surface area contributed by atoms with Crippen LogP contribution in [0.1, 0.15) is 30.7 Å². The number of likely N-dealkylation sites (tertiary alicyclic amines) is 1. The average molecular weight is 388 g/mol. The molecule has 0 unspecified atom stereocenters. The van der Waals surface area contributed by atoms with Gasteiger partial charge in [-0.25, -0.2) is 4.98 Å². The summed E-state index contributed by atoms with van der Waals surface area (Å²) in [5.41, 5.74) is 1.16. The molecule has 0 aliphatic carbocycles. The maximum atomic E-state index is 12.5. The van der Waals surface area contributed by atoms with Crippen molar-refractivity contribution in [2.45, 2.75) is 26.7 Å². The predicted molar refractivity (Wildman–Crippen MR) is 106 cm³/mol. The van der Waals surface area contributed by atoms with Crippen molar-refractivity contribution in [2.24, 2.45) is 11.8 Å². The maximum absolute atomic E-state index is 12.5. The number of amides is 2. The van der Waals surface area contributed by atoms with E-state index in [0.717, 1.165) is 22.6 Å². The summed E-state index contributed by atoms with van der Waals surface area (Å²) < 4.78 is 5.17. The van der Waals surface area contributed by atoms with Crippen LogP contribution in [0.2, 0.25) is 0 Å². The number of rotatable bonds is 7. The van der Waals surface area contributed by atoms with Gasteiger partial charge in [0.1, 0.15) is 5.75 Å². The van der Waals surface area contributed by atoms with Gasteiger partial charge < -0.3 is 15.0 Å². The minimum Gasteiger partial charge on any atom is -0.497 e. The first kappa shape index (κ1) is 19.4. The van der Waals surface area contributed by atoms with E-state index in [1.165, 1.54) is 11.3 Å². The Morgan fingerprint density at radius 2 is 2.11 bits per heavy atom. The molecule has 27 heavy (non-hydrogen) atoms. The van der Waals surface area contributed by atoms with E-state index in [9.17, 15) is 9.59 Å². The summed E-state index contributed by atoms with van der Waals surface area (Å²) in [5, 5.41) is 3.45. The fourth-order valence-electron chi connectivity index (χ4n) is 3.16. The fourth-order valence-corrected chi connectivity index (χ4v) is 4.01. The van der Waals surface area contributed by atoms with Gasteiger partial charge in [0, 0.05) is 37.0 Å². The van der Waals surface area contributed by atoms with Crippen LogP contribution in [-0.2, 0) is 16.0 Å². The number of anilines is 1. The van der Waals surface area contributed by atoms with E-state index < -0.39 is 0 Å². The number of thiazole rings is 1. The molecule has 2 amide bonds. The van der Waals surface area contributed by atoms with Crippen LogP contribution >= 0.6 is 11.3 Å². The fraction of sp³-hybridized carbons (Fsp3) is 0.450. The number of carbonyl (C=O) groups excluding carboxylic acids is 2. The molecular formula is C20H25N3O3S. The standard InChI is InChI=1S/C20H25N3O3S/c1-13(2)11-23-12-15(9-18(23)24)19(25)22-20-21-10-17(27-20)8-14-4-6-16(26-3)7-5-14/h4-7,10,13,15H,8-9,11-12H2,1-3H3,(H,21,22,25)/t15-/m1/s1. The van der Waals surface area contributed by atoms with Gasteiger partial charge in [-0.2, -0.15) is 0 Å². The van der Waals surface area contributed by atoms with Crippen LogP contribution in [-0.4, -0.2) is 41.9 Å². The number of nitrogens with zero attached hydrogens (tertiary/aromatic N) is 2. The van der Waals surface area contributed by atoms with Crippen molar-refractivity contribution in [1.82, 2.24) is 9.88 Å². The smallest absolute Gasteiger partial charge is 0.231 e. The molecular weight excluding hydrogens is 362 g/mol. The van der Waals surface area contributed by atoms with E-state index in [4.69, 9.17) is 4.74 Å². The van der Waals surface area contributed by atoms with Gasteiger partial charge in [-0.3, -0.25) is 9.59 Å². The first-order valence-corrected chi connectivity index (χ1v) is 9.92. The minimum absolute atomic E-state index is 0.0585. The molecule has 2 aromatic rings. The Hall–Kier alpha value is -2.41. The van der Waals surface area contributed by atoms with Crippen LogP contribution < -0.4 is 10.1 Å². The Bertz CT molecular complexity index is 801. The zero-order valence-corrected chi connectivity index (χ0v) is 16.7. The summed E-state index contributed by atoms with van der Waals surface area (Å²) in [5.74, 6) is 0.859. The third-order valence-electron chi connectivity index (χ3n) is 4.49. The molecule has 144 valence electrons. The molecule has 7 heteroatoms. The number of hydrogen-bond donors (Lipinski definition) is 1. The summed E-state index contributed by atoms with van der Waals surface area (Å²) in [6.45, 7) is 5.33. The highest BCUT2D eigenvalue weighted by Crippen LogP contribution is 2.25. The molecule has 1 aromatic carbocycles. The monoisotopic (exact) mass is 387 g/mol. The van der Waals surface area contributed by atoms with Gasteiger partial charge in [0.15, 0.2) is 5.13 Å². The van der Waals surface area contributed by atoms with Crippen molar-refractivity contribution >= 4 is 28.3 Å². The van der Waals surface area contributed by atoms with E-state index in [1.807, 2.05) is 24.3 Å². The SMILES string of the molecule is COc1ccc(Cc2cnc(NC(=O)[C@@H]3CC(=O)N(CC(C)C)C3)s2)cc1. The van der Waals surface area contributed by atoms with Crippen molar-refractivity contribution in [3.8, 4) is 5.75 Å². The number of methoxy groups -OCH3 is 1. The topological polar surface area (TPSA) is 71.5 Å². The minimum atomic E-state index is -0.301. The molecule has 0 spiro atoms. The molecule has 0 bridgehead atoms. The van der Waals surface area contributed by atoms with Crippen LogP contribution in [0.5, 0.6) is 5.75 Å². The molecule has 2 heterocycles. The van der Waals surface area contributed by atoms with Crippen molar-refractivity contribution in [3.05, 3.63) is 40.9 Å². The van der Waals surface area contributed by atoms with Crippen LogP contribution in [0.3, 0.4) is 0 Å². The highest BCUT2D eigenvalue weighted by atomic mass is 32.1. The second-order valence-corrected chi connectivity index (χ2v) is 8.35. The van der Waals surface area contributed by atoms with Crippen LogP contribution in [0.15, 0.2) is 30.5 Å². The van der Waals surface area contributed by atoms with Gasteiger partial charge in [-0.15, -0.1) is 11.3 Å². The highest BCUT2D eigenvalue weighted by molar-refractivity contribution is 7.15. The molecule has 1 atom stereocenters. The first-order valence-electron chi connectivity index (χ1n) is 9.11. The number of aromatic nitrogens is 1. The first-order chi connectivity index (χ1) is 12.9. The van der Waals surface area contributed by atoms with E-state index in [0.29, 0.717) is 24.1 Å². The van der Waals surface area contributed by atoms with Crippen molar-refractivity contribution in [2.75, 3.05) is 25.5 Å². The summed E-state index contributed by atoms with van der Waals surface area (Å²) in [4.78, 5) is 31.7. The maximum Gasteiger partial charge on any atom is 0.231 e. The molecule has 1 saturated heterocycles. The van der Waals surface area contributed by atoms with Gasteiger partial charge in [0.05, 0.1) is 13.0 Å². The predicted octanol–water partition coefficient (Wildman–Crippen LogP) is 3.19. The van der Waals surface area contributed by atoms with Gasteiger partial charge in [-0.1, -0.05) is 26.0 Å². The van der Waals surface area contributed by atoms with Gasteiger partial charge in [0.25, 0.3) is 0 Å². The third-order valence-corrected chi connectivity index (χ3v) is 5.40. The highest BCUT2D eigenvalue weighted by Gasteiger charge is 2.34. The average Bonchev–Trinajstić information content (AvgIpc) is 3.22. The Kier molecular flexibility index (Phi) is 6.11. The lowest BCUT2D eigenvalue weighted by atomic mass is 10.1. The molecule has 1 N–H and O–H groups in total. The Labute approximate surface area is 163 Å². The summed E-state index contributed by atoms with van der Waals surface area (Å²) >= 11 is 1.46. The number of benzene rings is 1. The van der Waals surface area contributed by atoms with E-state index >= 15 is 0 Å². The molecule has 1 aromatic heterocycles. The van der Waals surface area contributed by atoms with E-state index in [-0.39, 0.29) is 24.2 Å². The van der Waals surface area contributed by atoms with E-state index in [1.54, 1.807) is 18.2 Å². The second-order valence-electron chi connectivity index (χ2n) is 7.24. The van der Waals surface area contributed by atoms with E-state index in [2.05, 4.69) is 24.1 Å². The van der Waals surface area contributed by atoms with Gasteiger partial charge >= 0.3 is 0 Å². The normalized spacial score (nSPS) is 16.8. The number of hydrogen-bond acceptors (Lipinski definition) is 5. The van der Waals surface area contributed by atoms with Crippen molar-refractivity contribution in [3.63, 3.8) is 0 Å². The lowest BCUT2D eigenvalue weighted by Crippen LogP contribution is -2.31. The van der Waals surface area contributed by atoms with Crippen molar-refractivity contribution < 1.29 is 14.3 Å². The number of ether oxygens (including phenoxy) is 1. The Morgan fingerprint density at radius 1 is 1.37 bits per heavy atom. The largest absolute Gasteiger partial charge is 0.497 e. The summed E-state index contributed by atoms with van der Waals surface area (Å²) in [6.07, 6.45) is 2.82. The zero-order chi connectivity index (χ0) is 19.4. The zero-order valence-electron chi connectivity index (χ0n) is 15.9. The summed E-state index contributed by atoms with van der Waals surface area (Å²) in [7, 11) is 1.65. The lowest BCUT2D eigenvalue weighted by molar-refractivity contribution is -0.128. The van der Waals surface area contributed by atoms with Gasteiger partial charge in [0.2, 0.25) is 11.8 Å². The molecule has 3 rings (SSSR count). The second kappa shape index (κ2) is 8.52. The quantitative estimate of drug-likeness (QED) is 0.792. The molecule has 1 aliphatic heterocycles. The third kappa shape index (κ3) is 5.07. The Morgan fingerprint density at radius 3 is 2.78 bits per heavy atom. The summed E-state index contributed by atoms with van der Waals surface area (Å²) in [6, 6.07) is 7.90.